The molecule has 2 aromatic carbocycles. The summed E-state index contributed by atoms with van der Waals surface area (Å²) >= 11 is 3.23. The van der Waals surface area contributed by atoms with E-state index in [4.69, 9.17) is 4.74 Å². The van der Waals surface area contributed by atoms with E-state index in [9.17, 15) is 9.50 Å². The Balaban J connectivity index is 2.17. The second-order valence-electron chi connectivity index (χ2n) is 5.27. The molecule has 128 valence electrons. The van der Waals surface area contributed by atoms with Gasteiger partial charge < -0.3 is 15.2 Å². The van der Waals surface area contributed by atoms with Gasteiger partial charge in [0.25, 0.3) is 0 Å². The van der Waals surface area contributed by atoms with Gasteiger partial charge in [0.05, 0.1) is 18.3 Å². The van der Waals surface area contributed by atoms with Crippen LogP contribution in [0.15, 0.2) is 47.5 Å². The molecule has 0 aliphatic rings. The SMILES string of the molecule is C=CCc1nc(Nc2ccc(Br)cc2F)c2cc(O)c(OC)cc2n1. The second-order valence-corrected chi connectivity index (χ2v) is 6.19. The molecule has 0 amide bonds. The summed E-state index contributed by atoms with van der Waals surface area (Å²) in [5.41, 5.74) is 0.838. The number of hydrogen-bond donors (Lipinski definition) is 2. The number of rotatable bonds is 5. The van der Waals surface area contributed by atoms with Crippen LogP contribution in [-0.2, 0) is 6.42 Å². The number of nitrogens with zero attached hydrogens (tertiary/aromatic N) is 2. The summed E-state index contributed by atoms with van der Waals surface area (Å²) in [6, 6.07) is 7.79. The van der Waals surface area contributed by atoms with Crippen LogP contribution in [0.2, 0.25) is 0 Å². The number of halogens is 2. The van der Waals surface area contributed by atoms with Crippen molar-refractivity contribution in [1.29, 1.82) is 0 Å². The lowest BCUT2D eigenvalue weighted by Crippen LogP contribution is -2.03. The minimum absolute atomic E-state index is 0.0469. The van der Waals surface area contributed by atoms with Crippen molar-refractivity contribution in [3.8, 4) is 11.5 Å². The topological polar surface area (TPSA) is 67.3 Å². The van der Waals surface area contributed by atoms with Crippen molar-refractivity contribution in [3.05, 3.63) is 59.1 Å². The predicted molar refractivity (Wildman–Crippen MR) is 99.0 cm³/mol. The second kappa shape index (κ2) is 7.06. The third-order valence-electron chi connectivity index (χ3n) is 3.55. The number of nitrogens with one attached hydrogen (secondary N) is 1. The van der Waals surface area contributed by atoms with E-state index in [0.29, 0.717) is 39.2 Å². The van der Waals surface area contributed by atoms with E-state index in [1.165, 1.54) is 19.2 Å². The lowest BCUT2D eigenvalue weighted by Gasteiger charge is -2.13. The summed E-state index contributed by atoms with van der Waals surface area (Å²) in [7, 11) is 1.46. The number of ether oxygens (including phenoxy) is 1. The maximum atomic E-state index is 14.2. The van der Waals surface area contributed by atoms with Crippen molar-refractivity contribution in [2.75, 3.05) is 12.4 Å². The number of methoxy groups -OCH3 is 1. The Morgan fingerprint density at radius 2 is 2.12 bits per heavy atom. The van der Waals surface area contributed by atoms with Gasteiger partial charge in [-0.05, 0) is 24.3 Å². The van der Waals surface area contributed by atoms with Gasteiger partial charge in [-0.3, -0.25) is 0 Å². The third kappa shape index (κ3) is 3.56. The van der Waals surface area contributed by atoms with Gasteiger partial charge in [-0.1, -0.05) is 22.0 Å². The first kappa shape index (κ1) is 17.2. The molecule has 0 radical (unpaired) electrons. The predicted octanol–water partition coefficient (Wildman–Crippen LogP) is 4.72. The smallest absolute Gasteiger partial charge is 0.162 e. The van der Waals surface area contributed by atoms with Crippen LogP contribution in [0.1, 0.15) is 5.82 Å². The maximum Gasteiger partial charge on any atom is 0.162 e. The van der Waals surface area contributed by atoms with Crippen LogP contribution in [0, 0.1) is 5.82 Å². The Hall–Kier alpha value is -2.67. The molecule has 0 aliphatic heterocycles. The molecule has 0 saturated heterocycles. The Morgan fingerprint density at radius 1 is 1.32 bits per heavy atom. The van der Waals surface area contributed by atoms with Gasteiger partial charge in [0.1, 0.15) is 17.5 Å². The maximum absolute atomic E-state index is 14.2. The first-order valence-electron chi connectivity index (χ1n) is 7.42. The monoisotopic (exact) mass is 403 g/mol. The molecular weight excluding hydrogens is 389 g/mol. The molecule has 3 aromatic rings. The molecule has 0 saturated carbocycles. The zero-order valence-electron chi connectivity index (χ0n) is 13.4. The summed E-state index contributed by atoms with van der Waals surface area (Å²) in [6.45, 7) is 3.69. The van der Waals surface area contributed by atoms with E-state index in [0.717, 1.165) is 0 Å². The Kier molecular flexibility index (Phi) is 4.85. The highest BCUT2D eigenvalue weighted by atomic mass is 79.9. The summed E-state index contributed by atoms with van der Waals surface area (Å²) < 4.78 is 19.9. The summed E-state index contributed by atoms with van der Waals surface area (Å²) in [4.78, 5) is 8.86. The molecule has 1 aromatic heterocycles. The highest BCUT2D eigenvalue weighted by Crippen LogP contribution is 2.34. The van der Waals surface area contributed by atoms with E-state index >= 15 is 0 Å². The van der Waals surface area contributed by atoms with Crippen LogP contribution < -0.4 is 10.1 Å². The summed E-state index contributed by atoms with van der Waals surface area (Å²) in [5, 5.41) is 13.6. The fraction of sp³-hybridized carbons (Fsp3) is 0.111. The molecule has 2 N–H and O–H groups in total. The van der Waals surface area contributed by atoms with Gasteiger partial charge in [-0.15, -0.1) is 6.58 Å². The quantitative estimate of drug-likeness (QED) is 0.603. The molecule has 0 unspecified atom stereocenters. The van der Waals surface area contributed by atoms with Gasteiger partial charge in [-0.25, -0.2) is 14.4 Å². The molecule has 3 rings (SSSR count). The fourth-order valence-corrected chi connectivity index (χ4v) is 2.72. The number of phenols is 1. The van der Waals surface area contributed by atoms with Gasteiger partial charge in [-0.2, -0.15) is 0 Å². The Labute approximate surface area is 152 Å². The number of phenolic OH excluding ortho intramolecular Hbond substituents is 1. The van der Waals surface area contributed by atoms with Gasteiger partial charge in [0, 0.05) is 22.3 Å². The van der Waals surface area contributed by atoms with E-state index in [1.807, 2.05) is 0 Å². The van der Waals surface area contributed by atoms with Crippen LogP contribution in [0.5, 0.6) is 11.5 Å². The van der Waals surface area contributed by atoms with Crippen LogP contribution in [-0.4, -0.2) is 22.2 Å². The van der Waals surface area contributed by atoms with Crippen molar-refractivity contribution in [3.63, 3.8) is 0 Å². The highest BCUT2D eigenvalue weighted by molar-refractivity contribution is 9.10. The molecule has 0 aliphatic carbocycles. The van der Waals surface area contributed by atoms with Crippen LogP contribution >= 0.6 is 15.9 Å². The number of fused-ring (bicyclic) bond motifs is 1. The van der Waals surface area contributed by atoms with E-state index < -0.39 is 5.82 Å². The molecular formula is C18H15BrFN3O2. The van der Waals surface area contributed by atoms with Gasteiger partial charge in [0.15, 0.2) is 11.5 Å². The van der Waals surface area contributed by atoms with Gasteiger partial charge in [0.2, 0.25) is 0 Å². The van der Waals surface area contributed by atoms with E-state index in [1.54, 1.807) is 24.3 Å². The van der Waals surface area contributed by atoms with E-state index in [-0.39, 0.29) is 11.4 Å². The molecule has 25 heavy (non-hydrogen) atoms. The van der Waals surface area contributed by atoms with E-state index in [2.05, 4.69) is 37.8 Å². The fourth-order valence-electron chi connectivity index (χ4n) is 2.39. The van der Waals surface area contributed by atoms with Crippen LogP contribution in [0.25, 0.3) is 10.9 Å². The molecule has 0 atom stereocenters. The normalized spacial score (nSPS) is 10.7. The van der Waals surface area contributed by atoms with Crippen molar-refractivity contribution in [2.24, 2.45) is 0 Å². The van der Waals surface area contributed by atoms with Crippen molar-refractivity contribution < 1.29 is 14.2 Å². The Bertz CT molecular complexity index is 963. The first-order valence-corrected chi connectivity index (χ1v) is 8.21. The number of hydrogen-bond acceptors (Lipinski definition) is 5. The molecule has 0 spiro atoms. The number of aromatic hydroxyl groups is 1. The molecule has 0 fully saturated rings. The minimum Gasteiger partial charge on any atom is -0.504 e. The number of anilines is 2. The summed E-state index contributed by atoms with van der Waals surface area (Å²) in [5.74, 6) is 0.742. The molecule has 1 heterocycles. The highest BCUT2D eigenvalue weighted by Gasteiger charge is 2.13. The number of benzene rings is 2. The number of allylic oxidation sites excluding steroid dienone is 1. The zero-order chi connectivity index (χ0) is 18.0. The number of aromatic nitrogens is 2. The standard InChI is InChI=1S/C18H15BrFN3O2/c1-3-4-17-21-14-9-16(25-2)15(24)8-11(14)18(23-17)22-13-6-5-10(19)7-12(13)20/h3,5-9,24H,1,4H2,2H3,(H,21,22,23). The van der Waals surface area contributed by atoms with Crippen molar-refractivity contribution >= 4 is 38.3 Å². The molecule has 0 bridgehead atoms. The zero-order valence-corrected chi connectivity index (χ0v) is 15.0. The average Bonchev–Trinajstić information content (AvgIpc) is 2.57. The van der Waals surface area contributed by atoms with Crippen molar-refractivity contribution in [2.45, 2.75) is 6.42 Å². The lowest BCUT2D eigenvalue weighted by atomic mass is 10.2. The third-order valence-corrected chi connectivity index (χ3v) is 4.05. The molecule has 5 nitrogen and oxygen atoms in total. The summed E-state index contributed by atoms with van der Waals surface area (Å²) in [6.07, 6.45) is 2.14. The minimum atomic E-state index is -0.427. The first-order chi connectivity index (χ1) is 12.0. The van der Waals surface area contributed by atoms with Crippen molar-refractivity contribution in [1.82, 2.24) is 9.97 Å². The lowest BCUT2D eigenvalue weighted by molar-refractivity contribution is 0.374. The largest absolute Gasteiger partial charge is 0.504 e. The van der Waals surface area contributed by atoms with Crippen LogP contribution in [0.3, 0.4) is 0 Å². The van der Waals surface area contributed by atoms with Gasteiger partial charge >= 0.3 is 0 Å². The average molecular weight is 404 g/mol. The van der Waals surface area contributed by atoms with Crippen LogP contribution in [0.4, 0.5) is 15.9 Å². The molecule has 7 heteroatoms. The Morgan fingerprint density at radius 3 is 2.80 bits per heavy atom.